The van der Waals surface area contributed by atoms with Gasteiger partial charge in [-0.05, 0) is 73.0 Å². The normalized spacial score (nSPS) is 54.6. The van der Waals surface area contributed by atoms with E-state index in [4.69, 9.17) is 0 Å². The van der Waals surface area contributed by atoms with Gasteiger partial charge in [-0.2, -0.15) is 0 Å². The van der Waals surface area contributed by atoms with Crippen molar-refractivity contribution < 1.29 is 4.79 Å². The van der Waals surface area contributed by atoms with Gasteiger partial charge in [0.25, 0.3) is 0 Å². The number of hydrogen-bond acceptors (Lipinski definition) is 1. The zero-order valence-corrected chi connectivity index (χ0v) is 14.9. The zero-order valence-electron chi connectivity index (χ0n) is 14.9. The number of hydrogen-bond donors (Lipinski definition) is 0. The molecule has 124 valence electrons. The second kappa shape index (κ2) is 4.74. The van der Waals surface area contributed by atoms with Crippen LogP contribution in [0.4, 0.5) is 0 Å². The van der Waals surface area contributed by atoms with Gasteiger partial charge in [-0.25, -0.2) is 0 Å². The van der Waals surface area contributed by atoms with E-state index in [9.17, 15) is 4.79 Å². The summed E-state index contributed by atoms with van der Waals surface area (Å²) in [5.41, 5.74) is 1.01. The largest absolute Gasteiger partial charge is 0.342 e. The first kappa shape index (κ1) is 15.0. The first-order valence-corrected chi connectivity index (χ1v) is 9.62. The van der Waals surface area contributed by atoms with Crippen molar-refractivity contribution in [3.8, 4) is 0 Å². The number of carbonyl (C=O) groups excluding carboxylic acids is 1. The molecule has 1 saturated heterocycles. The standard InChI is InChI=1S/C20H33NO/c1-13-12-16-20(3,11-8-17(22)21(16)4)15-7-10-19(2)9-5-6-14(19)18(13)15/h13-16,18H,5-12H2,1-4H3/t13?,14-,15+,16?,18-,19-,20+/m0/s1. The third-order valence-corrected chi connectivity index (χ3v) is 8.71. The molecule has 2 heteroatoms. The number of piperidine rings is 1. The number of amides is 1. The van der Waals surface area contributed by atoms with Crippen LogP contribution >= 0.6 is 0 Å². The molecule has 0 spiro atoms. The van der Waals surface area contributed by atoms with Crippen molar-refractivity contribution in [2.75, 3.05) is 7.05 Å². The Balaban J connectivity index is 1.70. The Hall–Kier alpha value is -0.530. The van der Waals surface area contributed by atoms with Crippen molar-refractivity contribution >= 4 is 5.91 Å². The summed E-state index contributed by atoms with van der Waals surface area (Å²) >= 11 is 0. The van der Waals surface area contributed by atoms with Crippen LogP contribution in [0.2, 0.25) is 0 Å². The number of likely N-dealkylation sites (tertiary alicyclic amines) is 1. The van der Waals surface area contributed by atoms with Gasteiger partial charge in [0.05, 0.1) is 0 Å². The molecule has 0 radical (unpaired) electrons. The predicted molar refractivity (Wildman–Crippen MR) is 89.3 cm³/mol. The quantitative estimate of drug-likeness (QED) is 0.646. The molecule has 1 aliphatic heterocycles. The molecule has 3 aliphatic carbocycles. The van der Waals surface area contributed by atoms with E-state index in [1.807, 2.05) is 0 Å². The fourth-order valence-electron chi connectivity index (χ4n) is 7.45. The molecule has 0 aromatic carbocycles. The molecule has 0 bridgehead atoms. The van der Waals surface area contributed by atoms with Gasteiger partial charge < -0.3 is 4.90 Å². The maximum Gasteiger partial charge on any atom is 0.222 e. The third kappa shape index (κ3) is 1.82. The summed E-state index contributed by atoms with van der Waals surface area (Å²) in [6, 6.07) is 0.496. The van der Waals surface area contributed by atoms with E-state index >= 15 is 0 Å². The highest BCUT2D eigenvalue weighted by atomic mass is 16.2. The molecule has 0 N–H and O–H groups in total. The molecule has 0 aromatic rings. The van der Waals surface area contributed by atoms with Crippen LogP contribution in [0.5, 0.6) is 0 Å². The summed E-state index contributed by atoms with van der Waals surface area (Å²) in [6.07, 6.45) is 10.4. The van der Waals surface area contributed by atoms with Crippen LogP contribution in [0.1, 0.15) is 72.1 Å². The van der Waals surface area contributed by atoms with Crippen LogP contribution in [0, 0.1) is 34.5 Å². The fraction of sp³-hybridized carbons (Fsp3) is 0.950. The SMILES string of the molecule is CC1CC2N(C)C(=O)CC[C@]2(C)[C@@H]2CC[C@]3(C)CCC[C@H]3[C@H]12. The van der Waals surface area contributed by atoms with Crippen LogP contribution in [-0.2, 0) is 4.79 Å². The van der Waals surface area contributed by atoms with E-state index in [1.165, 1.54) is 38.5 Å². The summed E-state index contributed by atoms with van der Waals surface area (Å²) in [7, 11) is 2.07. The van der Waals surface area contributed by atoms with Crippen molar-refractivity contribution in [2.45, 2.75) is 78.2 Å². The first-order chi connectivity index (χ1) is 10.4. The van der Waals surface area contributed by atoms with E-state index in [0.717, 1.165) is 36.5 Å². The third-order valence-electron chi connectivity index (χ3n) is 8.71. The Morgan fingerprint density at radius 3 is 2.64 bits per heavy atom. The van der Waals surface area contributed by atoms with Crippen LogP contribution in [0.3, 0.4) is 0 Å². The Morgan fingerprint density at radius 2 is 1.86 bits per heavy atom. The first-order valence-electron chi connectivity index (χ1n) is 9.62. The zero-order chi connectivity index (χ0) is 15.7. The molecule has 4 aliphatic rings. The molecule has 2 unspecified atom stereocenters. The van der Waals surface area contributed by atoms with E-state index in [2.05, 4.69) is 32.7 Å². The Bertz CT molecular complexity index is 488. The minimum atomic E-state index is 0.379. The van der Waals surface area contributed by atoms with Crippen LogP contribution in [-0.4, -0.2) is 23.9 Å². The lowest BCUT2D eigenvalue weighted by atomic mass is 9.45. The summed E-state index contributed by atoms with van der Waals surface area (Å²) < 4.78 is 0. The van der Waals surface area contributed by atoms with Crippen molar-refractivity contribution in [2.24, 2.45) is 34.5 Å². The Labute approximate surface area is 136 Å². The van der Waals surface area contributed by atoms with Crippen molar-refractivity contribution in [1.29, 1.82) is 0 Å². The Morgan fingerprint density at radius 1 is 1.09 bits per heavy atom. The van der Waals surface area contributed by atoms with Gasteiger partial charge in [-0.3, -0.25) is 4.79 Å². The maximum absolute atomic E-state index is 12.2. The van der Waals surface area contributed by atoms with Gasteiger partial charge in [0.2, 0.25) is 5.91 Å². The number of nitrogens with zero attached hydrogens (tertiary/aromatic N) is 1. The van der Waals surface area contributed by atoms with Gasteiger partial charge in [0.15, 0.2) is 0 Å². The van der Waals surface area contributed by atoms with E-state index in [-0.39, 0.29) is 0 Å². The van der Waals surface area contributed by atoms with Crippen molar-refractivity contribution in [1.82, 2.24) is 4.90 Å². The fourth-order valence-corrected chi connectivity index (χ4v) is 7.45. The molecule has 3 saturated carbocycles. The van der Waals surface area contributed by atoms with Crippen LogP contribution in [0.25, 0.3) is 0 Å². The minimum absolute atomic E-state index is 0.379. The maximum atomic E-state index is 12.2. The number of fused-ring (bicyclic) bond motifs is 5. The van der Waals surface area contributed by atoms with Crippen molar-refractivity contribution in [3.05, 3.63) is 0 Å². The summed E-state index contributed by atoms with van der Waals surface area (Å²) in [6.45, 7) is 7.61. The Kier molecular flexibility index (Phi) is 3.24. The highest BCUT2D eigenvalue weighted by molar-refractivity contribution is 5.77. The van der Waals surface area contributed by atoms with Gasteiger partial charge in [-0.1, -0.05) is 27.2 Å². The lowest BCUT2D eigenvalue weighted by Crippen LogP contribution is -2.62. The lowest BCUT2D eigenvalue weighted by Gasteiger charge is -2.63. The topological polar surface area (TPSA) is 20.3 Å². The van der Waals surface area contributed by atoms with E-state index in [0.29, 0.717) is 22.8 Å². The van der Waals surface area contributed by atoms with Crippen LogP contribution in [0.15, 0.2) is 0 Å². The van der Waals surface area contributed by atoms with E-state index < -0.39 is 0 Å². The highest BCUT2D eigenvalue weighted by Crippen LogP contribution is 2.65. The summed E-state index contributed by atoms with van der Waals surface area (Å²) in [4.78, 5) is 14.3. The molecule has 22 heavy (non-hydrogen) atoms. The molecule has 0 aromatic heterocycles. The van der Waals surface area contributed by atoms with E-state index in [1.54, 1.807) is 0 Å². The van der Waals surface area contributed by atoms with Gasteiger partial charge in [0.1, 0.15) is 0 Å². The average Bonchev–Trinajstić information content (AvgIpc) is 2.87. The average molecular weight is 303 g/mol. The highest BCUT2D eigenvalue weighted by Gasteiger charge is 2.60. The second-order valence-corrected chi connectivity index (χ2v) is 9.61. The van der Waals surface area contributed by atoms with Crippen molar-refractivity contribution in [3.63, 3.8) is 0 Å². The molecule has 1 heterocycles. The monoisotopic (exact) mass is 303 g/mol. The molecular formula is C20H33NO. The smallest absolute Gasteiger partial charge is 0.222 e. The molecule has 7 atom stereocenters. The van der Waals surface area contributed by atoms with Crippen LogP contribution < -0.4 is 0 Å². The number of carbonyl (C=O) groups is 1. The molecule has 4 fully saturated rings. The van der Waals surface area contributed by atoms with Gasteiger partial charge >= 0.3 is 0 Å². The number of rotatable bonds is 0. The predicted octanol–water partition coefficient (Wildman–Crippen LogP) is 4.49. The minimum Gasteiger partial charge on any atom is -0.342 e. The molecular weight excluding hydrogens is 270 g/mol. The van der Waals surface area contributed by atoms with Gasteiger partial charge in [0, 0.05) is 19.5 Å². The second-order valence-electron chi connectivity index (χ2n) is 9.61. The lowest BCUT2D eigenvalue weighted by molar-refractivity contribution is -0.164. The molecule has 2 nitrogen and oxygen atoms in total. The molecule has 4 rings (SSSR count). The summed E-state index contributed by atoms with van der Waals surface area (Å²) in [5, 5.41) is 0. The molecule has 1 amide bonds. The summed E-state index contributed by atoms with van der Waals surface area (Å²) in [5.74, 6) is 3.91. The van der Waals surface area contributed by atoms with Gasteiger partial charge in [-0.15, -0.1) is 0 Å².